The molecule has 0 spiro atoms. The van der Waals surface area contributed by atoms with E-state index >= 15 is 0 Å². The molecule has 4 nitrogen and oxygen atoms in total. The van der Waals surface area contributed by atoms with Crippen LogP contribution in [0.15, 0.2) is 34.3 Å². The van der Waals surface area contributed by atoms with E-state index in [1.807, 2.05) is 0 Å². The van der Waals surface area contributed by atoms with E-state index in [1.54, 1.807) is 12.1 Å². The molecule has 110 valence electrons. The van der Waals surface area contributed by atoms with Crippen molar-refractivity contribution in [1.29, 1.82) is 0 Å². The van der Waals surface area contributed by atoms with Crippen LogP contribution in [0.25, 0.3) is 0 Å². The van der Waals surface area contributed by atoms with Gasteiger partial charge in [-0.15, -0.1) is 0 Å². The summed E-state index contributed by atoms with van der Waals surface area (Å²) in [6, 6.07) is 6.21. The van der Waals surface area contributed by atoms with Gasteiger partial charge in [-0.1, -0.05) is 23.2 Å². The second-order valence-corrected chi connectivity index (χ2v) is 7.64. The van der Waals surface area contributed by atoms with Gasteiger partial charge in [-0.05, 0) is 49.9 Å². The SMILES string of the molecule is O=S(=O)(CCC1CCCC/C1=N/O)c1ccc(Cl)cc1. The molecule has 1 atom stereocenters. The van der Waals surface area contributed by atoms with Gasteiger partial charge in [-0.25, -0.2) is 8.42 Å². The standard InChI is InChI=1S/C14H18ClNO3S/c15-12-5-7-13(8-6-12)20(18,19)10-9-11-3-1-2-4-14(11)16-17/h5-8,11,17H,1-4,9-10H2/b16-14-. The first-order valence-electron chi connectivity index (χ1n) is 6.72. The Bertz CT molecular complexity index is 581. The first-order valence-corrected chi connectivity index (χ1v) is 8.75. The Morgan fingerprint density at radius 2 is 1.95 bits per heavy atom. The third-order valence-corrected chi connectivity index (χ3v) is 5.76. The second-order valence-electron chi connectivity index (χ2n) is 5.10. The molecule has 1 N–H and O–H groups in total. The fraction of sp³-hybridized carbons (Fsp3) is 0.500. The van der Waals surface area contributed by atoms with Crippen molar-refractivity contribution in [1.82, 2.24) is 0 Å². The molecule has 1 saturated carbocycles. The van der Waals surface area contributed by atoms with Gasteiger partial charge in [0.25, 0.3) is 0 Å². The van der Waals surface area contributed by atoms with E-state index in [4.69, 9.17) is 16.8 Å². The Hall–Kier alpha value is -1.07. The van der Waals surface area contributed by atoms with Crippen molar-refractivity contribution in [3.63, 3.8) is 0 Å². The minimum absolute atomic E-state index is 0.0678. The van der Waals surface area contributed by atoms with Crippen LogP contribution >= 0.6 is 11.6 Å². The molecule has 2 rings (SSSR count). The van der Waals surface area contributed by atoms with Gasteiger partial charge in [-0.2, -0.15) is 0 Å². The predicted octanol–water partition coefficient (Wildman–Crippen LogP) is 3.52. The lowest BCUT2D eigenvalue weighted by molar-refractivity contribution is 0.308. The number of nitrogens with zero attached hydrogens (tertiary/aromatic N) is 1. The lowest BCUT2D eigenvalue weighted by Gasteiger charge is -2.22. The third-order valence-electron chi connectivity index (χ3n) is 3.74. The summed E-state index contributed by atoms with van der Waals surface area (Å²) in [5.41, 5.74) is 0.738. The smallest absolute Gasteiger partial charge is 0.178 e. The predicted molar refractivity (Wildman–Crippen MR) is 79.3 cm³/mol. The minimum Gasteiger partial charge on any atom is -0.411 e. The lowest BCUT2D eigenvalue weighted by atomic mass is 9.85. The van der Waals surface area contributed by atoms with Crippen LogP contribution in [0.5, 0.6) is 0 Å². The summed E-state index contributed by atoms with van der Waals surface area (Å²) in [6.07, 6.45) is 4.24. The second kappa shape index (κ2) is 6.59. The maximum Gasteiger partial charge on any atom is 0.178 e. The number of rotatable bonds is 4. The largest absolute Gasteiger partial charge is 0.411 e. The minimum atomic E-state index is -3.30. The van der Waals surface area contributed by atoms with Gasteiger partial charge in [-0.3, -0.25) is 0 Å². The van der Waals surface area contributed by atoms with Crippen LogP contribution in [0.4, 0.5) is 0 Å². The summed E-state index contributed by atoms with van der Waals surface area (Å²) in [6.45, 7) is 0. The van der Waals surface area contributed by atoms with Crippen molar-refractivity contribution in [3.8, 4) is 0 Å². The molecule has 0 bridgehead atoms. The highest BCUT2D eigenvalue weighted by molar-refractivity contribution is 7.91. The van der Waals surface area contributed by atoms with Crippen molar-refractivity contribution in [2.24, 2.45) is 11.1 Å². The van der Waals surface area contributed by atoms with Crippen molar-refractivity contribution in [3.05, 3.63) is 29.3 Å². The molecule has 0 heterocycles. The molecule has 1 aliphatic carbocycles. The first kappa shape index (κ1) is 15.3. The fourth-order valence-corrected chi connectivity index (χ4v) is 4.07. The maximum atomic E-state index is 12.2. The molecule has 0 aliphatic heterocycles. The molecule has 1 aromatic rings. The summed E-state index contributed by atoms with van der Waals surface area (Å²) < 4.78 is 24.5. The van der Waals surface area contributed by atoms with E-state index < -0.39 is 9.84 Å². The molecule has 0 aromatic heterocycles. The van der Waals surface area contributed by atoms with Gasteiger partial charge in [0.2, 0.25) is 0 Å². The van der Waals surface area contributed by atoms with Crippen molar-refractivity contribution in [2.75, 3.05) is 5.75 Å². The topological polar surface area (TPSA) is 66.7 Å². The summed E-state index contributed by atoms with van der Waals surface area (Å²) in [7, 11) is -3.30. The van der Waals surface area contributed by atoms with Gasteiger partial charge in [0.1, 0.15) is 0 Å². The van der Waals surface area contributed by atoms with E-state index in [2.05, 4.69) is 5.16 Å². The van der Waals surface area contributed by atoms with Crippen LogP contribution in [0.1, 0.15) is 32.1 Å². The van der Waals surface area contributed by atoms with Crippen LogP contribution in [-0.2, 0) is 9.84 Å². The highest BCUT2D eigenvalue weighted by Gasteiger charge is 2.24. The summed E-state index contributed by atoms with van der Waals surface area (Å²) in [4.78, 5) is 0.292. The van der Waals surface area contributed by atoms with E-state index in [0.717, 1.165) is 31.4 Å². The zero-order valence-corrected chi connectivity index (χ0v) is 12.7. The van der Waals surface area contributed by atoms with Gasteiger partial charge in [0, 0.05) is 10.9 Å². The molecule has 0 amide bonds. The summed E-state index contributed by atoms with van der Waals surface area (Å²) in [5, 5.41) is 12.8. The van der Waals surface area contributed by atoms with E-state index in [1.165, 1.54) is 12.1 Å². The normalized spacial score (nSPS) is 22.1. The lowest BCUT2D eigenvalue weighted by Crippen LogP contribution is -2.22. The molecule has 1 aliphatic rings. The Balaban J connectivity index is 2.03. The highest BCUT2D eigenvalue weighted by atomic mass is 35.5. The number of oxime groups is 1. The molecule has 20 heavy (non-hydrogen) atoms. The summed E-state index contributed by atoms with van der Waals surface area (Å²) >= 11 is 5.76. The highest BCUT2D eigenvalue weighted by Crippen LogP contribution is 2.26. The van der Waals surface area contributed by atoms with Crippen LogP contribution in [0.2, 0.25) is 5.02 Å². The van der Waals surface area contributed by atoms with Crippen molar-refractivity contribution in [2.45, 2.75) is 37.0 Å². The van der Waals surface area contributed by atoms with E-state index in [9.17, 15) is 8.42 Å². The third kappa shape index (κ3) is 3.73. The summed E-state index contributed by atoms with van der Waals surface area (Å²) in [5.74, 6) is 0.147. The van der Waals surface area contributed by atoms with E-state index in [0.29, 0.717) is 16.3 Å². The van der Waals surface area contributed by atoms with Gasteiger partial charge < -0.3 is 5.21 Å². The van der Waals surface area contributed by atoms with E-state index in [-0.39, 0.29) is 11.7 Å². The van der Waals surface area contributed by atoms with Crippen molar-refractivity contribution >= 4 is 27.1 Å². The quantitative estimate of drug-likeness (QED) is 0.682. The van der Waals surface area contributed by atoms with Gasteiger partial charge in [0.15, 0.2) is 9.84 Å². The molecule has 0 radical (unpaired) electrons. The average molecular weight is 316 g/mol. The van der Waals surface area contributed by atoms with Crippen LogP contribution in [-0.4, -0.2) is 25.1 Å². The fourth-order valence-electron chi connectivity index (χ4n) is 2.57. The molecule has 1 fully saturated rings. The number of benzene rings is 1. The molecular formula is C14H18ClNO3S. The Morgan fingerprint density at radius 1 is 1.25 bits per heavy atom. The molecule has 6 heteroatoms. The van der Waals surface area contributed by atoms with Crippen LogP contribution in [0, 0.1) is 5.92 Å². The number of hydrogen-bond donors (Lipinski definition) is 1. The van der Waals surface area contributed by atoms with Crippen LogP contribution < -0.4 is 0 Å². The molecule has 1 unspecified atom stereocenters. The maximum absolute atomic E-state index is 12.2. The molecule has 1 aromatic carbocycles. The van der Waals surface area contributed by atoms with Gasteiger partial charge >= 0.3 is 0 Å². The number of sulfone groups is 1. The molecule has 0 saturated heterocycles. The van der Waals surface area contributed by atoms with Crippen LogP contribution in [0.3, 0.4) is 0 Å². The Labute approximate surface area is 124 Å². The zero-order chi connectivity index (χ0) is 14.6. The first-order chi connectivity index (χ1) is 9.53. The van der Waals surface area contributed by atoms with Crippen molar-refractivity contribution < 1.29 is 13.6 Å². The van der Waals surface area contributed by atoms with Gasteiger partial charge in [0.05, 0.1) is 16.4 Å². The average Bonchev–Trinajstić information content (AvgIpc) is 2.46. The zero-order valence-electron chi connectivity index (χ0n) is 11.1. The number of halogens is 1. The Morgan fingerprint density at radius 3 is 2.60 bits per heavy atom. The molecular weight excluding hydrogens is 298 g/mol. The number of hydrogen-bond acceptors (Lipinski definition) is 4. The monoisotopic (exact) mass is 315 g/mol. The Kier molecular flexibility index (Phi) is 5.05.